The van der Waals surface area contributed by atoms with Crippen LogP contribution in [-0.4, -0.2) is 13.4 Å². The largest absolute Gasteiger partial charge is 0.263 e. The maximum atomic E-state index is 12.0. The molecule has 7 heteroatoms. The second-order valence-corrected chi connectivity index (χ2v) is 6.46. The van der Waals surface area contributed by atoms with Crippen molar-refractivity contribution >= 4 is 43.4 Å². The fraction of sp³-hybridized carbons (Fsp3) is 0. The van der Waals surface area contributed by atoms with E-state index in [0.29, 0.717) is 5.02 Å². The van der Waals surface area contributed by atoms with Gasteiger partial charge in [-0.15, -0.1) is 0 Å². The summed E-state index contributed by atoms with van der Waals surface area (Å²) in [4.78, 5) is 4.08. The Kier molecular flexibility index (Phi) is 3.89. The third-order valence-electron chi connectivity index (χ3n) is 2.09. The Hall–Kier alpha value is -1.11. The Bertz CT molecular complexity index is 642. The number of nitrogens with one attached hydrogen (secondary N) is 1. The average Bonchev–Trinajstić information content (AvgIpc) is 2.32. The lowest BCUT2D eigenvalue weighted by atomic mass is 10.4. The molecular weight excluding hydrogens is 340 g/mol. The first-order valence-electron chi connectivity index (χ1n) is 4.87. The van der Waals surface area contributed by atoms with E-state index in [1.165, 1.54) is 30.5 Å². The van der Waals surface area contributed by atoms with Gasteiger partial charge in [-0.05, 0) is 52.3 Å². The highest BCUT2D eigenvalue weighted by Gasteiger charge is 2.14. The molecule has 0 spiro atoms. The van der Waals surface area contributed by atoms with Crippen LogP contribution in [0.3, 0.4) is 0 Å². The third-order valence-corrected chi connectivity index (χ3v) is 4.18. The van der Waals surface area contributed by atoms with Gasteiger partial charge in [0.2, 0.25) is 0 Å². The molecule has 0 aliphatic heterocycles. The molecule has 0 aliphatic carbocycles. The molecule has 1 heterocycles. The lowest BCUT2D eigenvalue weighted by molar-refractivity contribution is 0.601. The SMILES string of the molecule is O=S(=O)(Nc1ccc(Br)cn1)c1ccc(Cl)cc1. The van der Waals surface area contributed by atoms with Gasteiger partial charge in [0, 0.05) is 15.7 Å². The molecule has 0 saturated heterocycles. The molecule has 0 aliphatic rings. The van der Waals surface area contributed by atoms with Gasteiger partial charge in [-0.3, -0.25) is 4.72 Å². The topological polar surface area (TPSA) is 59.1 Å². The van der Waals surface area contributed by atoms with Crippen molar-refractivity contribution in [1.82, 2.24) is 4.98 Å². The van der Waals surface area contributed by atoms with Crippen LogP contribution >= 0.6 is 27.5 Å². The van der Waals surface area contributed by atoms with Crippen LogP contribution in [0.2, 0.25) is 5.02 Å². The molecule has 94 valence electrons. The van der Waals surface area contributed by atoms with Crippen molar-refractivity contribution in [3.05, 3.63) is 52.1 Å². The molecule has 0 unspecified atom stereocenters. The zero-order chi connectivity index (χ0) is 13.2. The Morgan fingerprint density at radius 1 is 1.11 bits per heavy atom. The first kappa shape index (κ1) is 13.3. The maximum Gasteiger partial charge on any atom is 0.263 e. The van der Waals surface area contributed by atoms with E-state index in [1.807, 2.05) is 0 Å². The number of nitrogens with zero attached hydrogens (tertiary/aromatic N) is 1. The number of halogens is 2. The van der Waals surface area contributed by atoms with Crippen LogP contribution in [0.15, 0.2) is 52.0 Å². The van der Waals surface area contributed by atoms with E-state index >= 15 is 0 Å². The van der Waals surface area contributed by atoms with E-state index in [2.05, 4.69) is 25.6 Å². The summed E-state index contributed by atoms with van der Waals surface area (Å²) in [7, 11) is -3.63. The molecular formula is C11H8BrClN2O2S. The Morgan fingerprint density at radius 3 is 2.33 bits per heavy atom. The quantitative estimate of drug-likeness (QED) is 0.927. The number of hydrogen-bond donors (Lipinski definition) is 1. The molecule has 0 fully saturated rings. The minimum atomic E-state index is -3.63. The van der Waals surface area contributed by atoms with E-state index < -0.39 is 10.0 Å². The van der Waals surface area contributed by atoms with Crippen molar-refractivity contribution in [2.75, 3.05) is 4.72 Å². The summed E-state index contributed by atoms with van der Waals surface area (Å²) in [5, 5.41) is 0.482. The minimum absolute atomic E-state index is 0.136. The van der Waals surface area contributed by atoms with Crippen molar-refractivity contribution in [2.24, 2.45) is 0 Å². The molecule has 0 atom stereocenters. The van der Waals surface area contributed by atoms with Gasteiger partial charge in [0.25, 0.3) is 10.0 Å². The molecule has 1 aromatic heterocycles. The molecule has 2 aromatic rings. The summed E-state index contributed by atoms with van der Waals surface area (Å²) in [6.45, 7) is 0. The first-order chi connectivity index (χ1) is 8.47. The Balaban J connectivity index is 2.27. The molecule has 0 radical (unpaired) electrons. The lowest BCUT2D eigenvalue weighted by Gasteiger charge is -2.07. The zero-order valence-electron chi connectivity index (χ0n) is 8.97. The van der Waals surface area contributed by atoms with Crippen molar-refractivity contribution in [3.8, 4) is 0 Å². The van der Waals surface area contributed by atoms with Gasteiger partial charge in [0.1, 0.15) is 5.82 Å². The lowest BCUT2D eigenvalue weighted by Crippen LogP contribution is -2.13. The normalized spacial score (nSPS) is 11.2. The zero-order valence-corrected chi connectivity index (χ0v) is 12.1. The summed E-state index contributed by atoms with van der Waals surface area (Å²) in [5.41, 5.74) is 0. The van der Waals surface area contributed by atoms with Crippen LogP contribution < -0.4 is 4.72 Å². The van der Waals surface area contributed by atoms with Gasteiger partial charge in [-0.2, -0.15) is 0 Å². The average molecular weight is 348 g/mol. The molecule has 2 rings (SSSR count). The highest BCUT2D eigenvalue weighted by molar-refractivity contribution is 9.10. The molecule has 0 amide bonds. The second kappa shape index (κ2) is 5.26. The summed E-state index contributed by atoms with van der Waals surface area (Å²) in [6, 6.07) is 9.17. The third kappa shape index (κ3) is 3.22. The van der Waals surface area contributed by atoms with E-state index in [-0.39, 0.29) is 10.7 Å². The predicted molar refractivity (Wildman–Crippen MR) is 74.2 cm³/mol. The van der Waals surface area contributed by atoms with E-state index in [0.717, 1.165) is 4.47 Å². The smallest absolute Gasteiger partial charge is 0.263 e. The molecule has 1 N–H and O–H groups in total. The van der Waals surface area contributed by atoms with Crippen LogP contribution in [-0.2, 0) is 10.0 Å². The summed E-state index contributed by atoms with van der Waals surface area (Å²) >= 11 is 8.93. The number of pyridine rings is 1. The van der Waals surface area contributed by atoms with Crippen molar-refractivity contribution < 1.29 is 8.42 Å². The summed E-state index contributed by atoms with van der Waals surface area (Å²) in [6.07, 6.45) is 1.51. The number of hydrogen-bond acceptors (Lipinski definition) is 3. The molecule has 18 heavy (non-hydrogen) atoms. The monoisotopic (exact) mass is 346 g/mol. The van der Waals surface area contributed by atoms with Gasteiger partial charge in [0.15, 0.2) is 0 Å². The maximum absolute atomic E-state index is 12.0. The van der Waals surface area contributed by atoms with Gasteiger partial charge in [-0.25, -0.2) is 13.4 Å². The molecule has 1 aromatic carbocycles. The van der Waals surface area contributed by atoms with Gasteiger partial charge in [-0.1, -0.05) is 11.6 Å². The van der Waals surface area contributed by atoms with Crippen molar-refractivity contribution in [1.29, 1.82) is 0 Å². The molecule has 0 saturated carbocycles. The standard InChI is InChI=1S/C11H8BrClN2O2S/c12-8-1-6-11(14-7-8)15-18(16,17)10-4-2-9(13)3-5-10/h1-7H,(H,14,15). The van der Waals surface area contributed by atoms with Gasteiger partial charge in [0.05, 0.1) is 4.90 Å². The Labute approximate surface area is 118 Å². The van der Waals surface area contributed by atoms with E-state index in [1.54, 1.807) is 12.1 Å². The van der Waals surface area contributed by atoms with Gasteiger partial charge >= 0.3 is 0 Å². The number of benzene rings is 1. The Morgan fingerprint density at radius 2 is 1.78 bits per heavy atom. The van der Waals surface area contributed by atoms with Crippen LogP contribution in [0.5, 0.6) is 0 Å². The number of aromatic nitrogens is 1. The predicted octanol–water partition coefficient (Wildman–Crippen LogP) is 3.30. The summed E-state index contributed by atoms with van der Waals surface area (Å²) < 4.78 is 27.1. The first-order valence-corrected chi connectivity index (χ1v) is 7.53. The fourth-order valence-corrected chi connectivity index (χ4v) is 2.62. The highest BCUT2D eigenvalue weighted by Crippen LogP contribution is 2.18. The van der Waals surface area contributed by atoms with Gasteiger partial charge < -0.3 is 0 Å². The fourth-order valence-electron chi connectivity index (χ4n) is 1.25. The minimum Gasteiger partial charge on any atom is -0.263 e. The van der Waals surface area contributed by atoms with Crippen LogP contribution in [0, 0.1) is 0 Å². The van der Waals surface area contributed by atoms with E-state index in [4.69, 9.17) is 11.6 Å². The number of rotatable bonds is 3. The van der Waals surface area contributed by atoms with E-state index in [9.17, 15) is 8.42 Å². The van der Waals surface area contributed by atoms with Crippen molar-refractivity contribution in [3.63, 3.8) is 0 Å². The molecule has 4 nitrogen and oxygen atoms in total. The van der Waals surface area contributed by atoms with Crippen LogP contribution in [0.4, 0.5) is 5.82 Å². The van der Waals surface area contributed by atoms with Crippen molar-refractivity contribution in [2.45, 2.75) is 4.90 Å². The molecule has 0 bridgehead atoms. The van der Waals surface area contributed by atoms with Crippen LogP contribution in [0.1, 0.15) is 0 Å². The number of sulfonamides is 1. The van der Waals surface area contributed by atoms with Crippen LogP contribution in [0.25, 0.3) is 0 Å². The second-order valence-electron chi connectivity index (χ2n) is 3.42. The number of anilines is 1. The summed E-state index contributed by atoms with van der Waals surface area (Å²) in [5.74, 6) is 0.258. The highest BCUT2D eigenvalue weighted by atomic mass is 79.9.